The predicted octanol–water partition coefficient (Wildman–Crippen LogP) is 5.62. The smallest absolute Gasteiger partial charge is 0.264 e. The molecule has 0 spiro atoms. The van der Waals surface area contributed by atoms with Crippen LogP contribution in [0.1, 0.15) is 38.2 Å². The Balaban J connectivity index is 1.68. The fraction of sp³-hybridized carbons (Fsp3) is 0.310. The number of carbonyl (C=O) groups excluding carboxylic acids is 2. The summed E-state index contributed by atoms with van der Waals surface area (Å²) < 4.78 is 29.6. The fourth-order valence-corrected chi connectivity index (χ4v) is 6.63. The van der Waals surface area contributed by atoms with E-state index in [9.17, 15) is 18.0 Å². The third kappa shape index (κ3) is 7.32. The van der Waals surface area contributed by atoms with Crippen molar-refractivity contribution in [3.63, 3.8) is 0 Å². The number of hydrogen-bond acceptors (Lipinski definition) is 4. The average molecular weight is 680 g/mol. The molecule has 7 nitrogen and oxygen atoms in total. The molecule has 0 unspecified atom stereocenters. The maximum atomic E-state index is 14.0. The van der Waals surface area contributed by atoms with Crippen LogP contribution in [-0.2, 0) is 26.2 Å². The highest BCUT2D eigenvalue weighted by atomic mass is 127. The highest BCUT2D eigenvalue weighted by Gasteiger charge is 2.33. The van der Waals surface area contributed by atoms with Crippen molar-refractivity contribution in [3.8, 4) is 0 Å². The molecule has 2 amide bonds. The average Bonchev–Trinajstić information content (AvgIpc) is 3.45. The van der Waals surface area contributed by atoms with E-state index in [4.69, 9.17) is 11.6 Å². The Morgan fingerprint density at radius 3 is 2.23 bits per heavy atom. The number of halogens is 2. The lowest BCUT2D eigenvalue weighted by atomic mass is 10.1. The summed E-state index contributed by atoms with van der Waals surface area (Å²) in [6.45, 7) is 1.24. The number of carbonyl (C=O) groups is 2. The van der Waals surface area contributed by atoms with Crippen molar-refractivity contribution in [3.05, 3.63) is 93.0 Å². The van der Waals surface area contributed by atoms with Gasteiger partial charge in [0.05, 0.1) is 10.6 Å². The first-order valence-electron chi connectivity index (χ1n) is 12.8. The maximum absolute atomic E-state index is 14.0. The van der Waals surface area contributed by atoms with Gasteiger partial charge in [-0.1, -0.05) is 60.8 Å². The Labute approximate surface area is 248 Å². The summed E-state index contributed by atoms with van der Waals surface area (Å²) in [5, 5.41) is 3.53. The molecule has 1 fully saturated rings. The molecule has 39 heavy (non-hydrogen) atoms. The predicted molar refractivity (Wildman–Crippen MR) is 162 cm³/mol. The number of benzene rings is 3. The van der Waals surface area contributed by atoms with Gasteiger partial charge in [0.25, 0.3) is 10.0 Å². The Morgan fingerprint density at radius 2 is 1.59 bits per heavy atom. The number of sulfonamides is 1. The third-order valence-corrected chi connectivity index (χ3v) is 9.77. The quantitative estimate of drug-likeness (QED) is 0.282. The molecule has 1 aliphatic carbocycles. The molecule has 3 aromatic rings. The van der Waals surface area contributed by atoms with Gasteiger partial charge in [-0.05, 0) is 90.4 Å². The summed E-state index contributed by atoms with van der Waals surface area (Å²) in [6.07, 6.45) is 3.94. The van der Waals surface area contributed by atoms with Gasteiger partial charge in [-0.2, -0.15) is 0 Å². The Kier molecular flexibility index (Phi) is 9.90. The molecule has 1 saturated carbocycles. The van der Waals surface area contributed by atoms with Crippen LogP contribution in [0.15, 0.2) is 83.8 Å². The second-order valence-corrected chi connectivity index (χ2v) is 13.1. The summed E-state index contributed by atoms with van der Waals surface area (Å²) in [5.74, 6) is -0.781. The van der Waals surface area contributed by atoms with E-state index in [0.29, 0.717) is 16.3 Å². The van der Waals surface area contributed by atoms with Crippen LogP contribution in [0.5, 0.6) is 0 Å². The van der Waals surface area contributed by atoms with Crippen molar-refractivity contribution in [2.45, 2.75) is 56.1 Å². The van der Waals surface area contributed by atoms with Gasteiger partial charge < -0.3 is 10.2 Å². The zero-order valence-electron chi connectivity index (χ0n) is 21.6. The Bertz CT molecular complexity index is 1400. The summed E-state index contributed by atoms with van der Waals surface area (Å²) in [5.41, 5.74) is 1.02. The Morgan fingerprint density at radius 1 is 0.974 bits per heavy atom. The van der Waals surface area contributed by atoms with Gasteiger partial charge in [-0.3, -0.25) is 13.9 Å². The minimum absolute atomic E-state index is 0.0592. The van der Waals surface area contributed by atoms with Crippen LogP contribution in [0.25, 0.3) is 0 Å². The van der Waals surface area contributed by atoms with E-state index >= 15 is 0 Å². The minimum atomic E-state index is -4.08. The van der Waals surface area contributed by atoms with E-state index in [1.807, 2.05) is 6.07 Å². The monoisotopic (exact) mass is 679 g/mol. The van der Waals surface area contributed by atoms with Crippen LogP contribution in [0.3, 0.4) is 0 Å². The molecule has 3 aromatic carbocycles. The van der Waals surface area contributed by atoms with Crippen LogP contribution >= 0.6 is 34.2 Å². The van der Waals surface area contributed by atoms with Crippen LogP contribution in [-0.4, -0.2) is 43.8 Å². The zero-order valence-corrected chi connectivity index (χ0v) is 25.3. The SMILES string of the molecule is C[C@@H](C(=O)NC1CCCC1)N(Cc1ccccc1Cl)C(=O)CN(c1ccc(I)cc1)S(=O)(=O)c1ccccc1. The van der Waals surface area contributed by atoms with E-state index in [1.54, 1.807) is 67.6 Å². The first-order valence-corrected chi connectivity index (χ1v) is 15.7. The largest absolute Gasteiger partial charge is 0.352 e. The molecule has 206 valence electrons. The second kappa shape index (κ2) is 13.1. The molecular weight excluding hydrogens is 649 g/mol. The van der Waals surface area contributed by atoms with E-state index in [0.717, 1.165) is 33.6 Å². The highest BCUT2D eigenvalue weighted by Crippen LogP contribution is 2.26. The molecule has 0 aromatic heterocycles. The molecule has 0 bridgehead atoms. The van der Waals surface area contributed by atoms with Crippen LogP contribution < -0.4 is 9.62 Å². The molecular formula is C29H31ClIN3O4S. The molecule has 0 aliphatic heterocycles. The lowest BCUT2D eigenvalue weighted by Gasteiger charge is -2.32. The number of nitrogens with zero attached hydrogens (tertiary/aromatic N) is 2. The lowest BCUT2D eigenvalue weighted by Crippen LogP contribution is -2.52. The van der Waals surface area contributed by atoms with Gasteiger partial charge in [0.2, 0.25) is 11.8 Å². The normalized spacial score (nSPS) is 14.5. The molecule has 1 aliphatic rings. The second-order valence-electron chi connectivity index (χ2n) is 9.58. The first-order chi connectivity index (χ1) is 18.7. The lowest BCUT2D eigenvalue weighted by molar-refractivity contribution is -0.139. The van der Waals surface area contributed by atoms with Gasteiger partial charge in [-0.15, -0.1) is 0 Å². The molecule has 0 heterocycles. The van der Waals surface area contributed by atoms with Crippen molar-refractivity contribution >= 4 is 61.7 Å². The van der Waals surface area contributed by atoms with E-state index in [2.05, 4.69) is 27.9 Å². The number of rotatable bonds is 10. The third-order valence-electron chi connectivity index (χ3n) is 6.89. The molecule has 4 rings (SSSR count). The van der Waals surface area contributed by atoms with Crippen molar-refractivity contribution in [2.75, 3.05) is 10.8 Å². The highest BCUT2D eigenvalue weighted by molar-refractivity contribution is 14.1. The van der Waals surface area contributed by atoms with Gasteiger partial charge in [-0.25, -0.2) is 8.42 Å². The van der Waals surface area contributed by atoms with Crippen LogP contribution in [0.4, 0.5) is 5.69 Å². The summed E-state index contributed by atoms with van der Waals surface area (Å²) >= 11 is 8.56. The van der Waals surface area contributed by atoms with Gasteiger partial charge in [0.1, 0.15) is 12.6 Å². The van der Waals surface area contributed by atoms with Gasteiger partial charge in [0.15, 0.2) is 0 Å². The summed E-state index contributed by atoms with van der Waals surface area (Å²) in [7, 11) is -4.08. The number of hydrogen-bond donors (Lipinski definition) is 1. The topological polar surface area (TPSA) is 86.8 Å². The van der Waals surface area contributed by atoms with Crippen molar-refractivity contribution in [2.24, 2.45) is 0 Å². The maximum Gasteiger partial charge on any atom is 0.264 e. The fourth-order valence-electron chi connectivity index (χ4n) is 4.64. The molecule has 1 atom stereocenters. The van der Waals surface area contributed by atoms with Gasteiger partial charge in [0, 0.05) is 21.2 Å². The van der Waals surface area contributed by atoms with Crippen LogP contribution in [0, 0.1) is 3.57 Å². The first kappa shape index (κ1) is 29.4. The van der Waals surface area contributed by atoms with Crippen LogP contribution in [0.2, 0.25) is 5.02 Å². The van der Waals surface area contributed by atoms with Gasteiger partial charge >= 0.3 is 0 Å². The van der Waals surface area contributed by atoms with E-state index < -0.39 is 28.5 Å². The van der Waals surface area contributed by atoms with Crippen molar-refractivity contribution in [1.82, 2.24) is 10.2 Å². The molecule has 0 radical (unpaired) electrons. The molecule has 0 saturated heterocycles. The number of anilines is 1. The summed E-state index contributed by atoms with van der Waals surface area (Å²) in [4.78, 5) is 28.7. The standard InChI is InChI=1S/C29H31ClIN3O4S/c1-21(29(36)32-24-10-6-7-11-24)33(19-22-9-5-8-14-27(22)30)28(35)20-34(25-17-15-23(31)16-18-25)39(37,38)26-12-3-2-4-13-26/h2-5,8-9,12-18,21,24H,6-7,10-11,19-20H2,1H3,(H,32,36)/t21-/m0/s1. The minimum Gasteiger partial charge on any atom is -0.352 e. The van der Waals surface area contributed by atoms with E-state index in [1.165, 1.54) is 17.0 Å². The van der Waals surface area contributed by atoms with Crippen molar-refractivity contribution < 1.29 is 18.0 Å². The summed E-state index contributed by atoms with van der Waals surface area (Å²) in [6, 6.07) is 21.3. The van der Waals surface area contributed by atoms with E-state index in [-0.39, 0.29) is 23.4 Å². The number of amides is 2. The molecule has 1 N–H and O–H groups in total. The number of nitrogens with one attached hydrogen (secondary N) is 1. The zero-order chi connectivity index (χ0) is 28.0. The molecule has 10 heteroatoms. The Hall–Kier alpha value is -2.63. The van der Waals surface area contributed by atoms with Crippen molar-refractivity contribution in [1.29, 1.82) is 0 Å².